The van der Waals surface area contributed by atoms with Gasteiger partial charge in [0, 0.05) is 26.2 Å². The Labute approximate surface area is 126 Å². The van der Waals surface area contributed by atoms with Crippen LogP contribution < -0.4 is 16.3 Å². The molecule has 1 fully saturated rings. The minimum absolute atomic E-state index is 0.128. The van der Waals surface area contributed by atoms with Crippen LogP contribution in [0.2, 0.25) is 0 Å². The second kappa shape index (κ2) is 5.32. The van der Waals surface area contributed by atoms with E-state index >= 15 is 0 Å². The third-order valence-corrected chi connectivity index (χ3v) is 4.15. The molecule has 2 amide bonds. The van der Waals surface area contributed by atoms with Crippen molar-refractivity contribution in [2.45, 2.75) is 18.9 Å². The van der Waals surface area contributed by atoms with E-state index in [4.69, 9.17) is 0 Å². The van der Waals surface area contributed by atoms with Crippen LogP contribution in [0.1, 0.15) is 29.2 Å². The molecule has 1 aliphatic heterocycles. The molecule has 1 saturated heterocycles. The van der Waals surface area contributed by atoms with Gasteiger partial charge in [-0.2, -0.15) is 0 Å². The summed E-state index contributed by atoms with van der Waals surface area (Å²) in [4.78, 5) is 36.4. The largest absolute Gasteiger partial charge is 0.355 e. The van der Waals surface area contributed by atoms with Gasteiger partial charge in [-0.15, -0.1) is 0 Å². The van der Waals surface area contributed by atoms with Gasteiger partial charge in [0.15, 0.2) is 0 Å². The fraction of sp³-hybridized carbons (Fsp3) is 0.400. The van der Waals surface area contributed by atoms with Gasteiger partial charge >= 0.3 is 5.69 Å². The molecular weight excluding hydrogens is 284 g/mol. The maximum atomic E-state index is 12.5. The van der Waals surface area contributed by atoms with Gasteiger partial charge in [-0.3, -0.25) is 18.7 Å². The Hall–Kier alpha value is -2.57. The number of nitrogens with zero attached hydrogens (tertiary/aromatic N) is 2. The van der Waals surface area contributed by atoms with Gasteiger partial charge in [0.05, 0.1) is 11.0 Å². The summed E-state index contributed by atoms with van der Waals surface area (Å²) < 4.78 is 3.00. The van der Waals surface area contributed by atoms with Gasteiger partial charge in [-0.05, 0) is 31.0 Å². The number of nitrogens with one attached hydrogen (secondary N) is 2. The number of aryl methyl sites for hydroxylation is 1. The van der Waals surface area contributed by atoms with Crippen LogP contribution in [0.5, 0.6) is 0 Å². The molecule has 1 aliphatic rings. The van der Waals surface area contributed by atoms with E-state index < -0.39 is 6.04 Å². The van der Waals surface area contributed by atoms with Crippen LogP contribution in [0.25, 0.3) is 11.0 Å². The molecule has 0 aliphatic carbocycles. The van der Waals surface area contributed by atoms with Gasteiger partial charge < -0.3 is 10.6 Å². The average molecular weight is 302 g/mol. The van der Waals surface area contributed by atoms with Crippen molar-refractivity contribution < 1.29 is 9.59 Å². The number of imidazole rings is 1. The number of benzene rings is 1. The Morgan fingerprint density at radius 3 is 2.77 bits per heavy atom. The lowest BCUT2D eigenvalue weighted by molar-refractivity contribution is -0.125. The number of aromatic nitrogens is 2. The molecule has 7 heteroatoms. The maximum Gasteiger partial charge on any atom is 0.329 e. The minimum Gasteiger partial charge on any atom is -0.355 e. The highest BCUT2D eigenvalue weighted by molar-refractivity contribution is 5.97. The van der Waals surface area contributed by atoms with E-state index in [1.807, 2.05) is 0 Å². The van der Waals surface area contributed by atoms with Crippen LogP contribution in [0, 0.1) is 0 Å². The second-order valence-electron chi connectivity index (χ2n) is 5.44. The van der Waals surface area contributed by atoms with Gasteiger partial charge in [-0.25, -0.2) is 4.79 Å². The summed E-state index contributed by atoms with van der Waals surface area (Å²) in [5.74, 6) is -0.339. The summed E-state index contributed by atoms with van der Waals surface area (Å²) in [5, 5.41) is 5.36. The molecule has 2 aromatic rings. The zero-order valence-electron chi connectivity index (χ0n) is 12.5. The van der Waals surface area contributed by atoms with Crippen molar-refractivity contribution in [2.75, 3.05) is 13.6 Å². The highest BCUT2D eigenvalue weighted by atomic mass is 16.2. The molecule has 2 N–H and O–H groups in total. The van der Waals surface area contributed by atoms with Crippen molar-refractivity contribution in [2.24, 2.45) is 7.05 Å². The molecule has 1 aromatic carbocycles. The van der Waals surface area contributed by atoms with E-state index in [1.54, 1.807) is 32.3 Å². The first kappa shape index (κ1) is 14.4. The summed E-state index contributed by atoms with van der Waals surface area (Å²) in [6.45, 7) is 0.648. The molecule has 22 heavy (non-hydrogen) atoms. The number of fused-ring (bicyclic) bond motifs is 1. The van der Waals surface area contributed by atoms with Crippen LogP contribution in [0.15, 0.2) is 23.0 Å². The molecule has 3 rings (SSSR count). The molecule has 1 unspecified atom stereocenters. The van der Waals surface area contributed by atoms with E-state index in [2.05, 4.69) is 10.6 Å². The molecule has 1 aromatic heterocycles. The van der Waals surface area contributed by atoms with Crippen LogP contribution >= 0.6 is 0 Å². The molecule has 7 nitrogen and oxygen atoms in total. The Morgan fingerprint density at radius 1 is 1.32 bits per heavy atom. The van der Waals surface area contributed by atoms with Crippen molar-refractivity contribution in [1.82, 2.24) is 19.8 Å². The second-order valence-corrected chi connectivity index (χ2v) is 5.44. The Morgan fingerprint density at radius 2 is 2.09 bits per heavy atom. The van der Waals surface area contributed by atoms with E-state index in [0.717, 1.165) is 6.42 Å². The van der Waals surface area contributed by atoms with E-state index in [9.17, 15) is 14.4 Å². The first-order valence-electron chi connectivity index (χ1n) is 7.25. The zero-order valence-corrected chi connectivity index (χ0v) is 12.5. The number of carbonyl (C=O) groups excluding carboxylic acids is 2. The van der Waals surface area contributed by atoms with Gasteiger partial charge in [0.1, 0.15) is 6.04 Å². The van der Waals surface area contributed by atoms with Crippen molar-refractivity contribution in [3.63, 3.8) is 0 Å². The topological polar surface area (TPSA) is 85.1 Å². The van der Waals surface area contributed by atoms with Gasteiger partial charge in [0.25, 0.3) is 5.91 Å². The molecule has 0 radical (unpaired) electrons. The van der Waals surface area contributed by atoms with Crippen LogP contribution in [0.4, 0.5) is 0 Å². The molecule has 0 saturated carbocycles. The van der Waals surface area contributed by atoms with E-state index in [0.29, 0.717) is 29.6 Å². The first-order valence-corrected chi connectivity index (χ1v) is 7.25. The number of hydrogen-bond acceptors (Lipinski definition) is 3. The van der Waals surface area contributed by atoms with Crippen LogP contribution in [-0.2, 0) is 11.8 Å². The van der Waals surface area contributed by atoms with Crippen molar-refractivity contribution in [3.8, 4) is 0 Å². The Bertz CT molecular complexity index is 818. The zero-order chi connectivity index (χ0) is 15.9. The van der Waals surface area contributed by atoms with Crippen LogP contribution in [-0.4, -0.2) is 34.5 Å². The lowest BCUT2D eigenvalue weighted by atomic mass is 10.1. The Balaban J connectivity index is 2.19. The number of carbonyl (C=O) groups is 2. The standard InChI is InChI=1S/C15H18N4O3/c1-16-13(20)9-5-6-10-12(8-9)18(2)15(22)19(10)11-4-3-7-17-14(11)21/h5-6,8,11H,3-4,7H2,1-2H3,(H,16,20)(H,17,21). The molecule has 0 bridgehead atoms. The van der Waals surface area contributed by atoms with E-state index in [1.165, 1.54) is 9.13 Å². The molecule has 2 heterocycles. The monoisotopic (exact) mass is 302 g/mol. The number of rotatable bonds is 2. The predicted molar refractivity (Wildman–Crippen MR) is 81.8 cm³/mol. The SMILES string of the molecule is CNC(=O)c1ccc2c(c1)n(C)c(=O)n2C1CCCNC1=O. The van der Waals surface area contributed by atoms with Gasteiger partial charge in [-0.1, -0.05) is 0 Å². The van der Waals surface area contributed by atoms with Crippen molar-refractivity contribution in [1.29, 1.82) is 0 Å². The third kappa shape index (κ3) is 2.09. The summed E-state index contributed by atoms with van der Waals surface area (Å²) >= 11 is 0. The average Bonchev–Trinajstić information content (AvgIpc) is 2.78. The maximum absolute atomic E-state index is 12.5. The normalized spacial score (nSPS) is 18.3. The Kier molecular flexibility index (Phi) is 3.48. The highest BCUT2D eigenvalue weighted by Crippen LogP contribution is 2.23. The predicted octanol–water partition coefficient (Wildman–Crippen LogP) is 0.151. The summed E-state index contributed by atoms with van der Waals surface area (Å²) in [5.41, 5.74) is 1.55. The summed E-state index contributed by atoms with van der Waals surface area (Å²) in [7, 11) is 3.21. The highest BCUT2D eigenvalue weighted by Gasteiger charge is 2.28. The van der Waals surface area contributed by atoms with Crippen LogP contribution in [0.3, 0.4) is 0 Å². The third-order valence-electron chi connectivity index (χ3n) is 4.15. The van der Waals surface area contributed by atoms with Crippen molar-refractivity contribution in [3.05, 3.63) is 34.2 Å². The van der Waals surface area contributed by atoms with Gasteiger partial charge in [0.2, 0.25) is 5.91 Å². The lowest BCUT2D eigenvalue weighted by Crippen LogP contribution is -2.41. The minimum atomic E-state index is -0.490. The first-order chi connectivity index (χ1) is 10.5. The fourth-order valence-electron chi connectivity index (χ4n) is 2.95. The number of piperidine rings is 1. The molecule has 116 valence electrons. The molecule has 0 spiro atoms. The quantitative estimate of drug-likeness (QED) is 0.828. The fourth-order valence-corrected chi connectivity index (χ4v) is 2.95. The van der Waals surface area contributed by atoms with Crippen molar-refractivity contribution >= 4 is 22.8 Å². The lowest BCUT2D eigenvalue weighted by Gasteiger charge is -2.22. The summed E-state index contributed by atoms with van der Waals surface area (Å²) in [6, 6.07) is 4.57. The number of amides is 2. The molecule has 1 atom stereocenters. The number of hydrogen-bond donors (Lipinski definition) is 2. The summed E-state index contributed by atoms with van der Waals surface area (Å²) in [6.07, 6.45) is 1.48. The van der Waals surface area contributed by atoms with E-state index in [-0.39, 0.29) is 17.5 Å². The molecular formula is C15H18N4O3. The smallest absolute Gasteiger partial charge is 0.329 e.